The lowest BCUT2D eigenvalue weighted by atomic mass is 9.77. The van der Waals surface area contributed by atoms with E-state index < -0.39 is 5.54 Å². The first-order valence-electron chi connectivity index (χ1n) is 7.62. The van der Waals surface area contributed by atoms with Gasteiger partial charge in [-0.25, -0.2) is 0 Å². The van der Waals surface area contributed by atoms with Crippen LogP contribution in [-0.2, 0) is 4.79 Å². The molecule has 1 fully saturated rings. The third kappa shape index (κ3) is 4.38. The van der Waals surface area contributed by atoms with Crippen LogP contribution in [0.15, 0.2) is 35.2 Å². The lowest BCUT2D eigenvalue weighted by Crippen LogP contribution is -2.49. The van der Waals surface area contributed by atoms with Gasteiger partial charge in [0, 0.05) is 11.0 Å². The van der Waals surface area contributed by atoms with E-state index in [1.165, 1.54) is 11.0 Å². The van der Waals surface area contributed by atoms with Gasteiger partial charge in [0.15, 0.2) is 0 Å². The number of carbonyl (C=O) groups excluding carboxylic acids is 1. The average Bonchev–Trinajstić information content (AvgIpc) is 2.53. The van der Waals surface area contributed by atoms with Crippen LogP contribution in [0.4, 0.5) is 0 Å². The molecule has 1 aliphatic carbocycles. The molecule has 2 atom stereocenters. The summed E-state index contributed by atoms with van der Waals surface area (Å²) in [5.74, 6) is 0.293. The second kappa shape index (κ2) is 7.51. The molecule has 4 heteroatoms. The zero-order valence-corrected chi connectivity index (χ0v) is 14.0. The zero-order chi connectivity index (χ0) is 16.0. The second-order valence-electron chi connectivity index (χ2n) is 5.99. The van der Waals surface area contributed by atoms with Crippen LogP contribution >= 0.6 is 11.8 Å². The quantitative estimate of drug-likeness (QED) is 0.675. The largest absolute Gasteiger partial charge is 0.334 e. The van der Waals surface area contributed by atoms with Gasteiger partial charge in [-0.1, -0.05) is 25.5 Å². The minimum Gasteiger partial charge on any atom is -0.334 e. The SMILES string of the molecule is CSc1ccc(/C=C/C(=O)NC2(C#N)CCCC(C)C2)cc1. The number of carbonyl (C=O) groups is 1. The Labute approximate surface area is 136 Å². The van der Waals surface area contributed by atoms with Gasteiger partial charge in [0.2, 0.25) is 5.91 Å². The Morgan fingerprint density at radius 2 is 2.18 bits per heavy atom. The van der Waals surface area contributed by atoms with E-state index in [-0.39, 0.29) is 5.91 Å². The third-order valence-electron chi connectivity index (χ3n) is 4.12. The van der Waals surface area contributed by atoms with E-state index >= 15 is 0 Å². The standard InChI is InChI=1S/C18H22N2OS/c1-14-4-3-11-18(12-14,13-19)20-17(21)10-7-15-5-8-16(22-2)9-6-15/h5-10,14H,3-4,11-12H2,1-2H3,(H,20,21)/b10-7+. The fourth-order valence-electron chi connectivity index (χ4n) is 2.96. The topological polar surface area (TPSA) is 52.9 Å². The summed E-state index contributed by atoms with van der Waals surface area (Å²) >= 11 is 1.69. The lowest BCUT2D eigenvalue weighted by Gasteiger charge is -2.34. The van der Waals surface area contributed by atoms with Crippen LogP contribution in [0, 0.1) is 17.2 Å². The summed E-state index contributed by atoms with van der Waals surface area (Å²) in [4.78, 5) is 13.3. The summed E-state index contributed by atoms with van der Waals surface area (Å²) in [6.07, 6.45) is 8.96. The maximum Gasteiger partial charge on any atom is 0.245 e. The van der Waals surface area contributed by atoms with Crippen molar-refractivity contribution in [1.82, 2.24) is 5.32 Å². The second-order valence-corrected chi connectivity index (χ2v) is 6.87. The lowest BCUT2D eigenvalue weighted by molar-refractivity contribution is -0.118. The molecule has 116 valence electrons. The first-order chi connectivity index (χ1) is 10.6. The molecule has 1 aromatic carbocycles. The maximum atomic E-state index is 12.1. The minimum absolute atomic E-state index is 0.190. The highest BCUT2D eigenvalue weighted by atomic mass is 32.2. The van der Waals surface area contributed by atoms with Crippen molar-refractivity contribution in [2.75, 3.05) is 6.26 Å². The Kier molecular flexibility index (Phi) is 5.68. The third-order valence-corrected chi connectivity index (χ3v) is 4.86. The van der Waals surface area contributed by atoms with Gasteiger partial charge in [0.1, 0.15) is 5.54 Å². The predicted octanol–water partition coefficient (Wildman–Crippen LogP) is 4.01. The Morgan fingerprint density at radius 3 is 2.77 bits per heavy atom. The normalized spacial score (nSPS) is 24.9. The molecule has 0 heterocycles. The molecular weight excluding hydrogens is 292 g/mol. The zero-order valence-electron chi connectivity index (χ0n) is 13.1. The summed E-state index contributed by atoms with van der Waals surface area (Å²) in [6, 6.07) is 10.4. The van der Waals surface area contributed by atoms with E-state index in [0.29, 0.717) is 5.92 Å². The molecule has 0 spiro atoms. The Morgan fingerprint density at radius 1 is 1.45 bits per heavy atom. The number of rotatable bonds is 4. The van der Waals surface area contributed by atoms with Crippen LogP contribution < -0.4 is 5.32 Å². The number of amides is 1. The van der Waals surface area contributed by atoms with Gasteiger partial charge in [-0.2, -0.15) is 5.26 Å². The summed E-state index contributed by atoms with van der Waals surface area (Å²) in [5, 5.41) is 12.4. The molecule has 1 N–H and O–H groups in total. The Hall–Kier alpha value is -1.73. The number of hydrogen-bond acceptors (Lipinski definition) is 3. The van der Waals surface area contributed by atoms with Gasteiger partial charge >= 0.3 is 0 Å². The van der Waals surface area contributed by atoms with Gasteiger partial charge < -0.3 is 5.32 Å². The number of nitriles is 1. The molecule has 1 saturated carbocycles. The highest BCUT2D eigenvalue weighted by Gasteiger charge is 2.35. The van der Waals surface area contributed by atoms with Crippen molar-refractivity contribution in [2.45, 2.75) is 43.0 Å². The molecule has 0 aliphatic heterocycles. The molecule has 1 aliphatic rings. The molecule has 0 bridgehead atoms. The van der Waals surface area contributed by atoms with E-state index in [2.05, 4.69) is 18.3 Å². The van der Waals surface area contributed by atoms with Gasteiger partial charge in [-0.3, -0.25) is 4.79 Å². The van der Waals surface area contributed by atoms with Crippen LogP contribution in [0.5, 0.6) is 0 Å². The van der Waals surface area contributed by atoms with Crippen LogP contribution in [0.3, 0.4) is 0 Å². The highest BCUT2D eigenvalue weighted by Crippen LogP contribution is 2.31. The number of hydrogen-bond donors (Lipinski definition) is 1. The maximum absolute atomic E-state index is 12.1. The molecule has 1 aromatic rings. The average molecular weight is 314 g/mol. The van der Waals surface area contributed by atoms with Crippen molar-refractivity contribution in [3.63, 3.8) is 0 Å². The minimum atomic E-state index is -0.693. The molecule has 2 unspecified atom stereocenters. The fraction of sp³-hybridized carbons (Fsp3) is 0.444. The van der Waals surface area contributed by atoms with Crippen molar-refractivity contribution < 1.29 is 4.79 Å². The van der Waals surface area contributed by atoms with E-state index in [1.54, 1.807) is 17.8 Å². The monoisotopic (exact) mass is 314 g/mol. The molecule has 22 heavy (non-hydrogen) atoms. The summed E-state index contributed by atoms with van der Waals surface area (Å²) in [7, 11) is 0. The molecule has 0 saturated heterocycles. The summed E-state index contributed by atoms with van der Waals surface area (Å²) < 4.78 is 0. The van der Waals surface area contributed by atoms with Gasteiger partial charge in [-0.05, 0) is 55.2 Å². The van der Waals surface area contributed by atoms with E-state index in [4.69, 9.17) is 0 Å². The van der Waals surface area contributed by atoms with Crippen molar-refractivity contribution in [3.8, 4) is 6.07 Å². The number of thioether (sulfide) groups is 1. The Bertz CT molecular complexity index is 588. The van der Waals surface area contributed by atoms with Crippen molar-refractivity contribution >= 4 is 23.7 Å². The fourth-order valence-corrected chi connectivity index (χ4v) is 3.37. The van der Waals surface area contributed by atoms with E-state index in [0.717, 1.165) is 31.2 Å². The Balaban J connectivity index is 1.99. The van der Waals surface area contributed by atoms with E-state index in [1.807, 2.05) is 30.5 Å². The van der Waals surface area contributed by atoms with Crippen LogP contribution in [0.1, 0.15) is 38.2 Å². The molecular formula is C18H22N2OS. The van der Waals surface area contributed by atoms with Crippen LogP contribution in [-0.4, -0.2) is 17.7 Å². The van der Waals surface area contributed by atoms with Crippen LogP contribution in [0.25, 0.3) is 6.08 Å². The first kappa shape index (κ1) is 16.6. The number of nitrogens with zero attached hydrogens (tertiary/aromatic N) is 1. The predicted molar refractivity (Wildman–Crippen MR) is 91.4 cm³/mol. The molecule has 1 amide bonds. The number of nitrogens with one attached hydrogen (secondary N) is 1. The van der Waals surface area contributed by atoms with Crippen molar-refractivity contribution in [1.29, 1.82) is 5.26 Å². The smallest absolute Gasteiger partial charge is 0.245 e. The summed E-state index contributed by atoms with van der Waals surface area (Å²) in [6.45, 7) is 2.14. The van der Waals surface area contributed by atoms with Gasteiger partial charge in [0.05, 0.1) is 6.07 Å². The molecule has 2 rings (SSSR count). The number of benzene rings is 1. The highest BCUT2D eigenvalue weighted by molar-refractivity contribution is 7.98. The van der Waals surface area contributed by atoms with Gasteiger partial charge in [0.25, 0.3) is 0 Å². The molecule has 0 radical (unpaired) electrons. The van der Waals surface area contributed by atoms with Crippen LogP contribution in [0.2, 0.25) is 0 Å². The first-order valence-corrected chi connectivity index (χ1v) is 8.85. The van der Waals surface area contributed by atoms with Crippen molar-refractivity contribution in [2.24, 2.45) is 5.92 Å². The summed E-state index contributed by atoms with van der Waals surface area (Å²) in [5.41, 5.74) is 0.290. The molecule has 3 nitrogen and oxygen atoms in total. The van der Waals surface area contributed by atoms with Gasteiger partial charge in [-0.15, -0.1) is 11.8 Å². The molecule has 0 aromatic heterocycles. The van der Waals surface area contributed by atoms with Crippen molar-refractivity contribution in [3.05, 3.63) is 35.9 Å². The van der Waals surface area contributed by atoms with E-state index in [9.17, 15) is 10.1 Å².